The molecule has 0 atom stereocenters. The molecule has 0 fully saturated rings. The number of hydrogen-bond donors (Lipinski definition) is 1. The summed E-state index contributed by atoms with van der Waals surface area (Å²) < 4.78 is 4.16. The van der Waals surface area contributed by atoms with Crippen LogP contribution in [0.3, 0.4) is 0 Å². The maximum Gasteiger partial charge on any atom is 0.342 e. The first-order chi connectivity index (χ1) is 11.0. The van der Waals surface area contributed by atoms with E-state index in [1.165, 1.54) is 0 Å². The van der Waals surface area contributed by atoms with Crippen LogP contribution in [-0.2, 0) is 4.79 Å². The van der Waals surface area contributed by atoms with E-state index in [9.17, 15) is 4.79 Å². The Labute approximate surface area is 141 Å². The lowest BCUT2D eigenvalue weighted by atomic mass is 10.0. The SMILES string of the molecule is C=[N+]=C(c1ccccc1)c1cc(Cl)ccc1NC(=O)CC(C)C. The number of nitrogens with one attached hydrogen (secondary N) is 1. The minimum atomic E-state index is -0.0277. The summed E-state index contributed by atoms with van der Waals surface area (Å²) in [6, 6.07) is 15.0. The summed E-state index contributed by atoms with van der Waals surface area (Å²) in [5.41, 5.74) is 3.05. The Bertz CT molecular complexity index is 747. The van der Waals surface area contributed by atoms with Crippen LogP contribution >= 0.6 is 11.6 Å². The smallest absolute Gasteiger partial charge is 0.325 e. The summed E-state index contributed by atoms with van der Waals surface area (Å²) >= 11 is 6.14. The minimum absolute atomic E-state index is 0.0277. The number of hydrogen-bond acceptors (Lipinski definition) is 1. The standard InChI is InChI=1S/C19H19ClN2O/c1-13(2)11-18(23)22-17-10-9-15(20)12-16(17)19(21-3)14-7-5-4-6-8-14/h4-10,12-13H,3,11H2,1-2H3/p+1. The molecule has 0 aliphatic carbocycles. The monoisotopic (exact) mass is 327 g/mol. The summed E-state index contributed by atoms with van der Waals surface area (Å²) in [4.78, 5) is 12.1. The van der Waals surface area contributed by atoms with Gasteiger partial charge in [0.15, 0.2) is 0 Å². The molecule has 0 aliphatic heterocycles. The summed E-state index contributed by atoms with van der Waals surface area (Å²) in [6.07, 6.45) is 0.463. The highest BCUT2D eigenvalue weighted by atomic mass is 35.5. The molecule has 0 saturated heterocycles. The Hall–Kier alpha value is -2.35. The number of rotatable bonds is 5. The molecule has 0 spiro atoms. The van der Waals surface area contributed by atoms with E-state index in [1.807, 2.05) is 44.2 Å². The Kier molecular flexibility index (Phi) is 5.75. The Morgan fingerprint density at radius 1 is 1.22 bits per heavy atom. The van der Waals surface area contributed by atoms with Gasteiger partial charge in [-0.15, -0.1) is 0 Å². The van der Waals surface area contributed by atoms with Gasteiger partial charge in [-0.05, 0) is 36.2 Å². The van der Waals surface area contributed by atoms with Crippen molar-refractivity contribution < 1.29 is 4.79 Å². The third-order valence-corrected chi connectivity index (χ3v) is 3.54. The van der Waals surface area contributed by atoms with Gasteiger partial charge < -0.3 is 5.32 Å². The van der Waals surface area contributed by atoms with E-state index in [-0.39, 0.29) is 5.91 Å². The average Bonchev–Trinajstić information content (AvgIpc) is 2.51. The topological polar surface area (TPSA) is 43.2 Å². The van der Waals surface area contributed by atoms with Crippen molar-refractivity contribution in [1.82, 2.24) is 4.67 Å². The summed E-state index contributed by atoms with van der Waals surface area (Å²) in [7, 11) is 0. The van der Waals surface area contributed by atoms with Crippen LogP contribution in [0, 0.1) is 5.92 Å². The van der Waals surface area contributed by atoms with Crippen LogP contribution < -0.4 is 9.98 Å². The molecule has 2 aromatic carbocycles. The second kappa shape index (κ2) is 7.77. The van der Waals surface area contributed by atoms with Crippen molar-refractivity contribution in [2.45, 2.75) is 20.3 Å². The third kappa shape index (κ3) is 4.56. The second-order valence-electron chi connectivity index (χ2n) is 5.71. The molecular weight excluding hydrogens is 308 g/mol. The molecule has 0 saturated carbocycles. The number of halogens is 1. The molecule has 2 aromatic rings. The maximum atomic E-state index is 12.1. The van der Waals surface area contributed by atoms with Crippen molar-refractivity contribution in [2.24, 2.45) is 5.92 Å². The van der Waals surface area contributed by atoms with Crippen molar-refractivity contribution in [3.8, 4) is 0 Å². The van der Waals surface area contributed by atoms with Crippen molar-refractivity contribution >= 4 is 35.6 Å². The largest absolute Gasteiger partial charge is 0.342 e. The zero-order valence-corrected chi connectivity index (χ0v) is 14.1. The molecule has 4 heteroatoms. The van der Waals surface area contributed by atoms with Crippen LogP contribution in [0.25, 0.3) is 0 Å². The lowest BCUT2D eigenvalue weighted by molar-refractivity contribution is -0.116. The first-order valence-corrected chi connectivity index (χ1v) is 7.88. The highest BCUT2D eigenvalue weighted by molar-refractivity contribution is 6.31. The molecule has 0 radical (unpaired) electrons. The molecule has 1 N–H and O–H groups in total. The van der Waals surface area contributed by atoms with Gasteiger partial charge in [0, 0.05) is 11.4 Å². The van der Waals surface area contributed by atoms with E-state index in [0.29, 0.717) is 28.8 Å². The van der Waals surface area contributed by atoms with Crippen LogP contribution in [0.4, 0.5) is 5.69 Å². The quantitative estimate of drug-likeness (QED) is 0.656. The predicted octanol–water partition coefficient (Wildman–Crippen LogP) is 3.93. The van der Waals surface area contributed by atoms with Crippen LogP contribution in [0.5, 0.6) is 0 Å². The van der Waals surface area contributed by atoms with Crippen molar-refractivity contribution in [3.05, 3.63) is 64.7 Å². The van der Waals surface area contributed by atoms with E-state index in [0.717, 1.165) is 11.1 Å². The normalized spacial score (nSPS) is 10.3. The summed E-state index contributed by atoms with van der Waals surface area (Å²) in [6.45, 7) is 7.69. The van der Waals surface area contributed by atoms with Crippen LogP contribution in [0.15, 0.2) is 48.5 Å². The highest BCUT2D eigenvalue weighted by Crippen LogP contribution is 2.24. The Morgan fingerprint density at radius 3 is 2.52 bits per heavy atom. The van der Waals surface area contributed by atoms with Crippen molar-refractivity contribution in [3.63, 3.8) is 0 Å². The van der Waals surface area contributed by atoms with Gasteiger partial charge in [-0.2, -0.15) is 0 Å². The lowest BCUT2D eigenvalue weighted by Crippen LogP contribution is -2.17. The maximum absolute atomic E-state index is 12.1. The number of amides is 1. The number of carbonyl (C=O) groups is 1. The van der Waals surface area contributed by atoms with Gasteiger partial charge >= 0.3 is 5.71 Å². The summed E-state index contributed by atoms with van der Waals surface area (Å²) in [5, 5.41) is 3.53. The molecule has 0 aliphatic rings. The average molecular weight is 328 g/mol. The number of carbonyl (C=O) groups excluding carboxylic acids is 1. The van der Waals surface area contributed by atoms with Gasteiger partial charge in [-0.25, -0.2) is 0 Å². The van der Waals surface area contributed by atoms with E-state index in [1.54, 1.807) is 18.2 Å². The summed E-state index contributed by atoms with van der Waals surface area (Å²) in [5.74, 6) is 0.265. The first-order valence-electron chi connectivity index (χ1n) is 7.50. The third-order valence-electron chi connectivity index (χ3n) is 3.31. The van der Waals surface area contributed by atoms with E-state index in [4.69, 9.17) is 11.6 Å². The van der Waals surface area contributed by atoms with E-state index >= 15 is 0 Å². The Balaban J connectivity index is 2.43. The second-order valence-corrected chi connectivity index (χ2v) is 6.15. The van der Waals surface area contributed by atoms with E-state index in [2.05, 4.69) is 16.7 Å². The fourth-order valence-corrected chi connectivity index (χ4v) is 2.49. The van der Waals surface area contributed by atoms with Crippen molar-refractivity contribution in [2.75, 3.05) is 5.32 Å². The van der Waals surface area contributed by atoms with Gasteiger partial charge in [0.1, 0.15) is 0 Å². The highest BCUT2D eigenvalue weighted by Gasteiger charge is 2.21. The number of anilines is 1. The first kappa shape index (κ1) is 17.0. The zero-order chi connectivity index (χ0) is 16.8. The molecular formula is C19H20ClN2O+. The van der Waals surface area contributed by atoms with E-state index < -0.39 is 0 Å². The molecule has 0 unspecified atom stereocenters. The molecule has 0 bridgehead atoms. The lowest BCUT2D eigenvalue weighted by Gasteiger charge is -2.10. The molecule has 23 heavy (non-hydrogen) atoms. The van der Waals surface area contributed by atoms with Crippen LogP contribution in [0.1, 0.15) is 31.4 Å². The van der Waals surface area contributed by atoms with Gasteiger partial charge in [-0.1, -0.05) is 48.3 Å². The molecule has 0 heterocycles. The molecule has 118 valence electrons. The van der Waals surface area contributed by atoms with Crippen molar-refractivity contribution in [1.29, 1.82) is 0 Å². The molecule has 2 rings (SSSR count). The van der Waals surface area contributed by atoms with Crippen LogP contribution in [0.2, 0.25) is 5.02 Å². The van der Waals surface area contributed by atoms with Gasteiger partial charge in [0.05, 0.1) is 16.8 Å². The zero-order valence-electron chi connectivity index (χ0n) is 13.3. The number of nitrogens with zero attached hydrogens (tertiary/aromatic N) is 1. The van der Waals surface area contributed by atoms with Gasteiger partial charge in [0.2, 0.25) is 5.91 Å². The number of benzene rings is 2. The van der Waals surface area contributed by atoms with Gasteiger partial charge in [0.25, 0.3) is 6.72 Å². The fraction of sp³-hybridized carbons (Fsp3) is 0.211. The fourth-order valence-electron chi connectivity index (χ4n) is 2.32. The molecule has 1 amide bonds. The van der Waals surface area contributed by atoms with Crippen LogP contribution in [-0.4, -0.2) is 18.3 Å². The van der Waals surface area contributed by atoms with Gasteiger partial charge in [-0.3, -0.25) is 4.79 Å². The predicted molar refractivity (Wildman–Crippen MR) is 98.4 cm³/mol. The molecule has 0 aromatic heterocycles. The molecule has 3 nitrogen and oxygen atoms in total. The Morgan fingerprint density at radius 2 is 1.91 bits per heavy atom. The minimum Gasteiger partial charge on any atom is -0.325 e.